The fourth-order valence-electron chi connectivity index (χ4n) is 3.20. The van der Waals surface area contributed by atoms with Crippen molar-refractivity contribution in [2.75, 3.05) is 13.2 Å². The smallest absolute Gasteiger partial charge is 0.252 e. The first-order valence-electron chi connectivity index (χ1n) is 8.94. The van der Waals surface area contributed by atoms with Crippen molar-refractivity contribution in [1.29, 1.82) is 0 Å². The summed E-state index contributed by atoms with van der Waals surface area (Å²) >= 11 is 1.61. The highest BCUT2D eigenvalue weighted by molar-refractivity contribution is 7.10. The number of aryl methyl sites for hydroxylation is 1. The number of carbonyl (C=O) groups is 1. The van der Waals surface area contributed by atoms with Crippen molar-refractivity contribution in [2.24, 2.45) is 0 Å². The fraction of sp³-hybridized carbons (Fsp3) is 0.450. The third-order valence-electron chi connectivity index (χ3n) is 4.70. The number of benzene rings is 1. The molecular formula is C20H25NO4S. The van der Waals surface area contributed by atoms with Crippen LogP contribution < -0.4 is 10.1 Å². The van der Waals surface area contributed by atoms with Gasteiger partial charge in [0.05, 0.1) is 31.4 Å². The molecule has 26 heavy (non-hydrogen) atoms. The normalized spacial score (nSPS) is 20.0. The zero-order valence-electron chi connectivity index (χ0n) is 15.2. The van der Waals surface area contributed by atoms with Gasteiger partial charge in [0.1, 0.15) is 11.9 Å². The first-order chi connectivity index (χ1) is 12.6. The molecule has 1 aromatic heterocycles. The summed E-state index contributed by atoms with van der Waals surface area (Å²) in [5, 5.41) is 14.2. The highest BCUT2D eigenvalue weighted by atomic mass is 32.1. The van der Waals surface area contributed by atoms with E-state index in [0.717, 1.165) is 35.3 Å². The molecule has 1 saturated heterocycles. The Labute approximate surface area is 158 Å². The molecule has 6 heteroatoms. The lowest BCUT2D eigenvalue weighted by Gasteiger charge is -2.32. The van der Waals surface area contributed by atoms with E-state index in [2.05, 4.69) is 12.2 Å². The molecular weight excluding hydrogens is 350 g/mol. The summed E-state index contributed by atoms with van der Waals surface area (Å²) in [5.74, 6) is 0.667. The van der Waals surface area contributed by atoms with Crippen molar-refractivity contribution < 1.29 is 19.4 Å². The van der Waals surface area contributed by atoms with Gasteiger partial charge in [0, 0.05) is 16.7 Å². The van der Waals surface area contributed by atoms with Gasteiger partial charge in [-0.3, -0.25) is 4.79 Å². The number of hydrogen-bond acceptors (Lipinski definition) is 5. The molecule has 0 spiro atoms. The van der Waals surface area contributed by atoms with Crippen LogP contribution in [0.15, 0.2) is 29.6 Å². The number of aliphatic hydroxyl groups is 1. The zero-order chi connectivity index (χ0) is 18.5. The average molecular weight is 375 g/mol. The molecule has 5 nitrogen and oxygen atoms in total. The van der Waals surface area contributed by atoms with Crippen molar-refractivity contribution in [3.63, 3.8) is 0 Å². The van der Waals surface area contributed by atoms with Gasteiger partial charge < -0.3 is 19.9 Å². The molecule has 140 valence electrons. The number of thiophene rings is 1. The van der Waals surface area contributed by atoms with Crippen molar-refractivity contribution in [3.8, 4) is 5.75 Å². The summed E-state index contributed by atoms with van der Waals surface area (Å²) in [6.45, 7) is 5.18. The molecule has 2 aromatic rings. The molecule has 2 heterocycles. The zero-order valence-corrected chi connectivity index (χ0v) is 16.0. The van der Waals surface area contributed by atoms with Crippen LogP contribution in [0, 0.1) is 6.92 Å². The van der Waals surface area contributed by atoms with Crippen molar-refractivity contribution >= 4 is 17.2 Å². The van der Waals surface area contributed by atoms with Crippen LogP contribution in [0.3, 0.4) is 0 Å². The van der Waals surface area contributed by atoms with Gasteiger partial charge in [0.15, 0.2) is 0 Å². The Morgan fingerprint density at radius 3 is 2.85 bits per heavy atom. The highest BCUT2D eigenvalue weighted by Gasteiger charge is 2.30. The highest BCUT2D eigenvalue weighted by Crippen LogP contribution is 2.24. The molecule has 3 rings (SSSR count). The van der Waals surface area contributed by atoms with Crippen LogP contribution in [0.4, 0.5) is 0 Å². The van der Waals surface area contributed by atoms with Crippen LogP contribution in [0.1, 0.15) is 39.7 Å². The second kappa shape index (κ2) is 8.66. The lowest BCUT2D eigenvalue weighted by molar-refractivity contribution is -0.00289. The Morgan fingerprint density at radius 2 is 2.15 bits per heavy atom. The van der Waals surface area contributed by atoms with Crippen LogP contribution in [0.25, 0.3) is 0 Å². The van der Waals surface area contributed by atoms with E-state index in [4.69, 9.17) is 14.6 Å². The number of hydrogen-bond donors (Lipinski definition) is 2. The van der Waals surface area contributed by atoms with E-state index in [9.17, 15) is 4.79 Å². The van der Waals surface area contributed by atoms with Gasteiger partial charge in [-0.1, -0.05) is 19.1 Å². The largest absolute Gasteiger partial charge is 0.488 e. The molecule has 1 fully saturated rings. The summed E-state index contributed by atoms with van der Waals surface area (Å²) in [6.07, 6.45) is 1.42. The van der Waals surface area contributed by atoms with Crippen LogP contribution in [0.5, 0.6) is 5.75 Å². The number of ether oxygens (including phenoxy) is 2. The van der Waals surface area contributed by atoms with Gasteiger partial charge in [-0.2, -0.15) is 0 Å². The Kier molecular flexibility index (Phi) is 6.29. The predicted octanol–water partition coefficient (Wildman–Crippen LogP) is 3.08. The van der Waals surface area contributed by atoms with E-state index in [-0.39, 0.29) is 24.7 Å². The third kappa shape index (κ3) is 4.26. The standard InChI is InChI=1S/C20H25NO4S/c1-3-16-13(2)26-12-17(16)20(23)21-18-11-24-9-8-19(18)25-15-6-4-14(10-22)5-7-15/h4-7,12,18-19,22H,3,8-11H2,1-2H3,(H,21,23)/t18-,19-/m1/s1. The predicted molar refractivity (Wildman–Crippen MR) is 102 cm³/mol. The minimum Gasteiger partial charge on any atom is -0.488 e. The van der Waals surface area contributed by atoms with E-state index in [1.54, 1.807) is 11.3 Å². The molecule has 1 aliphatic heterocycles. The Morgan fingerprint density at radius 1 is 1.38 bits per heavy atom. The fourth-order valence-corrected chi connectivity index (χ4v) is 4.14. The first-order valence-corrected chi connectivity index (χ1v) is 9.82. The lowest BCUT2D eigenvalue weighted by atomic mass is 10.0. The summed E-state index contributed by atoms with van der Waals surface area (Å²) in [7, 11) is 0. The second-order valence-electron chi connectivity index (χ2n) is 6.44. The summed E-state index contributed by atoms with van der Waals surface area (Å²) in [4.78, 5) is 13.9. The Bertz CT molecular complexity index is 741. The van der Waals surface area contributed by atoms with E-state index in [0.29, 0.717) is 13.2 Å². The quantitative estimate of drug-likeness (QED) is 0.814. The monoisotopic (exact) mass is 375 g/mol. The van der Waals surface area contributed by atoms with Crippen molar-refractivity contribution in [1.82, 2.24) is 5.32 Å². The van der Waals surface area contributed by atoms with Crippen LogP contribution in [-0.2, 0) is 17.8 Å². The van der Waals surface area contributed by atoms with Gasteiger partial charge >= 0.3 is 0 Å². The average Bonchev–Trinajstić information content (AvgIpc) is 3.04. The molecule has 0 bridgehead atoms. The SMILES string of the molecule is CCc1c(C(=O)N[C@@H]2COCC[C@H]2Oc2ccc(CO)cc2)csc1C. The van der Waals surface area contributed by atoms with Gasteiger partial charge in [-0.05, 0) is 36.6 Å². The van der Waals surface area contributed by atoms with Crippen LogP contribution in [-0.4, -0.2) is 36.4 Å². The number of carbonyl (C=O) groups excluding carboxylic acids is 1. The Balaban J connectivity index is 1.69. The topological polar surface area (TPSA) is 67.8 Å². The number of nitrogens with one attached hydrogen (secondary N) is 1. The third-order valence-corrected chi connectivity index (χ3v) is 5.66. The van der Waals surface area contributed by atoms with E-state index in [1.807, 2.05) is 36.6 Å². The second-order valence-corrected chi connectivity index (χ2v) is 7.52. The van der Waals surface area contributed by atoms with E-state index < -0.39 is 0 Å². The molecule has 1 aliphatic rings. The lowest BCUT2D eigenvalue weighted by Crippen LogP contribution is -2.51. The maximum Gasteiger partial charge on any atom is 0.252 e. The molecule has 2 N–H and O–H groups in total. The summed E-state index contributed by atoms with van der Waals surface area (Å²) < 4.78 is 11.7. The van der Waals surface area contributed by atoms with Gasteiger partial charge in [0.2, 0.25) is 0 Å². The number of amides is 1. The van der Waals surface area contributed by atoms with Gasteiger partial charge in [0.25, 0.3) is 5.91 Å². The van der Waals surface area contributed by atoms with Crippen molar-refractivity contribution in [3.05, 3.63) is 51.2 Å². The van der Waals surface area contributed by atoms with Gasteiger partial charge in [-0.25, -0.2) is 0 Å². The number of aliphatic hydroxyl groups excluding tert-OH is 1. The van der Waals surface area contributed by atoms with Crippen molar-refractivity contribution in [2.45, 2.75) is 45.4 Å². The summed E-state index contributed by atoms with van der Waals surface area (Å²) in [6, 6.07) is 7.17. The minimum atomic E-state index is -0.196. The molecule has 0 aliphatic carbocycles. The van der Waals surface area contributed by atoms with E-state index in [1.165, 1.54) is 4.88 Å². The molecule has 2 atom stereocenters. The summed E-state index contributed by atoms with van der Waals surface area (Å²) in [5.41, 5.74) is 2.71. The van der Waals surface area contributed by atoms with Crippen LogP contribution >= 0.6 is 11.3 Å². The minimum absolute atomic E-state index is 0.00997. The van der Waals surface area contributed by atoms with Gasteiger partial charge in [-0.15, -0.1) is 11.3 Å². The molecule has 0 radical (unpaired) electrons. The maximum absolute atomic E-state index is 12.7. The first kappa shape index (κ1) is 18.9. The van der Waals surface area contributed by atoms with E-state index >= 15 is 0 Å². The Hall–Kier alpha value is -1.89. The molecule has 1 amide bonds. The molecule has 0 saturated carbocycles. The maximum atomic E-state index is 12.7. The number of rotatable bonds is 6. The molecule has 0 unspecified atom stereocenters. The van der Waals surface area contributed by atoms with Crippen LogP contribution in [0.2, 0.25) is 0 Å². The molecule has 1 aromatic carbocycles.